The summed E-state index contributed by atoms with van der Waals surface area (Å²) in [7, 11) is 0. The van der Waals surface area contributed by atoms with Crippen molar-refractivity contribution < 1.29 is 18.4 Å². The predicted octanol–water partition coefficient (Wildman–Crippen LogP) is 1.63. The molecule has 0 saturated carbocycles. The third-order valence-electron chi connectivity index (χ3n) is 1.46. The van der Waals surface area contributed by atoms with Crippen LogP contribution >= 0.6 is 0 Å². The number of hydrogen-bond donors (Lipinski definition) is 2. The lowest BCUT2D eigenvalue weighted by atomic mass is 10.2. The Morgan fingerprint density at radius 3 is 2.69 bits per heavy atom. The number of aromatic nitrogens is 2. The summed E-state index contributed by atoms with van der Waals surface area (Å²) >= 11 is 0. The minimum absolute atomic E-state index is 0.138. The Morgan fingerprint density at radius 2 is 2.23 bits per heavy atom. The first kappa shape index (κ1) is 9.56. The number of alkyl halides is 3. The zero-order chi connectivity index (χ0) is 10.1. The second kappa shape index (κ2) is 3.08. The Hall–Kier alpha value is -1.53. The van der Waals surface area contributed by atoms with Gasteiger partial charge in [-0.05, 0) is 6.92 Å². The molecule has 0 bridgehead atoms. The molecule has 0 spiro atoms. The van der Waals surface area contributed by atoms with E-state index in [1.54, 1.807) is 5.10 Å². The normalized spacial score (nSPS) is 13.4. The maximum absolute atomic E-state index is 12.2. The molecule has 72 valence electrons. The lowest BCUT2D eigenvalue weighted by Crippen LogP contribution is -2.11. The van der Waals surface area contributed by atoms with E-state index in [-0.39, 0.29) is 11.3 Å². The van der Waals surface area contributed by atoms with Gasteiger partial charge < -0.3 is 5.21 Å². The van der Waals surface area contributed by atoms with Crippen LogP contribution in [0.3, 0.4) is 0 Å². The number of rotatable bonds is 1. The zero-order valence-corrected chi connectivity index (χ0v) is 6.55. The van der Waals surface area contributed by atoms with Crippen LogP contribution in [-0.2, 0) is 6.18 Å². The first-order chi connectivity index (χ1) is 5.96. The van der Waals surface area contributed by atoms with E-state index in [2.05, 4.69) is 10.3 Å². The largest absolute Gasteiger partial charge is 0.433 e. The van der Waals surface area contributed by atoms with Crippen molar-refractivity contribution in [3.05, 3.63) is 17.5 Å². The molecule has 1 aromatic heterocycles. The molecule has 0 aliphatic carbocycles. The fourth-order valence-electron chi connectivity index (χ4n) is 0.830. The summed E-state index contributed by atoms with van der Waals surface area (Å²) in [5, 5.41) is 16.0. The molecule has 0 aromatic carbocycles. The lowest BCUT2D eigenvalue weighted by Gasteiger charge is -2.04. The van der Waals surface area contributed by atoms with Crippen LogP contribution in [0.15, 0.2) is 11.4 Å². The van der Waals surface area contributed by atoms with E-state index in [9.17, 15) is 13.2 Å². The minimum Gasteiger partial charge on any atom is -0.411 e. The average molecular weight is 193 g/mol. The van der Waals surface area contributed by atoms with Crippen molar-refractivity contribution in [3.63, 3.8) is 0 Å². The molecular formula is C6H6F3N3O. The molecule has 0 amide bonds. The maximum atomic E-state index is 12.2. The summed E-state index contributed by atoms with van der Waals surface area (Å²) in [4.78, 5) is 0. The Labute approximate surface area is 71.1 Å². The SMILES string of the molecule is CC(=NO)c1cn[nH]c1C(F)(F)F. The quantitative estimate of drug-likeness (QED) is 0.404. The lowest BCUT2D eigenvalue weighted by molar-refractivity contribution is -0.141. The number of oxime groups is 1. The highest BCUT2D eigenvalue weighted by Gasteiger charge is 2.36. The van der Waals surface area contributed by atoms with Gasteiger partial charge in [0.15, 0.2) is 0 Å². The summed E-state index contributed by atoms with van der Waals surface area (Å²) in [5.74, 6) is 0. The van der Waals surface area contributed by atoms with Gasteiger partial charge in [-0.25, -0.2) is 0 Å². The van der Waals surface area contributed by atoms with Gasteiger partial charge in [-0.15, -0.1) is 0 Å². The highest BCUT2D eigenvalue weighted by atomic mass is 19.4. The second-order valence-corrected chi connectivity index (χ2v) is 2.34. The summed E-state index contributed by atoms with van der Waals surface area (Å²) in [6.45, 7) is 1.25. The van der Waals surface area contributed by atoms with Crippen molar-refractivity contribution in [2.75, 3.05) is 0 Å². The smallest absolute Gasteiger partial charge is 0.411 e. The third kappa shape index (κ3) is 1.79. The first-order valence-electron chi connectivity index (χ1n) is 3.26. The summed E-state index contributed by atoms with van der Waals surface area (Å²) < 4.78 is 36.5. The molecule has 7 heteroatoms. The molecule has 0 saturated heterocycles. The van der Waals surface area contributed by atoms with Crippen LogP contribution in [0.4, 0.5) is 13.2 Å². The van der Waals surface area contributed by atoms with Crippen molar-refractivity contribution >= 4 is 5.71 Å². The average Bonchev–Trinajstić information content (AvgIpc) is 2.49. The molecule has 1 heterocycles. The molecule has 0 aliphatic rings. The number of nitrogens with one attached hydrogen (secondary N) is 1. The van der Waals surface area contributed by atoms with E-state index in [0.29, 0.717) is 0 Å². The van der Waals surface area contributed by atoms with Crippen molar-refractivity contribution in [1.82, 2.24) is 10.2 Å². The Bertz CT molecular complexity index is 328. The Balaban J connectivity index is 3.18. The first-order valence-corrected chi connectivity index (χ1v) is 3.26. The summed E-state index contributed by atoms with van der Waals surface area (Å²) in [5.41, 5.74) is -1.40. The molecule has 0 radical (unpaired) electrons. The van der Waals surface area contributed by atoms with Crippen LogP contribution in [0.1, 0.15) is 18.2 Å². The fourth-order valence-corrected chi connectivity index (χ4v) is 0.830. The number of nitrogens with zero attached hydrogens (tertiary/aromatic N) is 2. The van der Waals surface area contributed by atoms with E-state index >= 15 is 0 Å². The van der Waals surface area contributed by atoms with E-state index in [1.807, 2.05) is 0 Å². The molecule has 1 aromatic rings. The highest BCUT2D eigenvalue weighted by Crippen LogP contribution is 2.30. The highest BCUT2D eigenvalue weighted by molar-refractivity contribution is 5.99. The molecule has 13 heavy (non-hydrogen) atoms. The number of halogens is 3. The molecular weight excluding hydrogens is 187 g/mol. The molecule has 4 nitrogen and oxygen atoms in total. The van der Waals surface area contributed by atoms with Crippen molar-refractivity contribution in [2.24, 2.45) is 5.16 Å². The van der Waals surface area contributed by atoms with Crippen LogP contribution in [0.5, 0.6) is 0 Å². The Morgan fingerprint density at radius 1 is 1.62 bits per heavy atom. The maximum Gasteiger partial charge on any atom is 0.433 e. The monoisotopic (exact) mass is 193 g/mol. The van der Waals surface area contributed by atoms with E-state index in [0.717, 1.165) is 6.20 Å². The predicted molar refractivity (Wildman–Crippen MR) is 37.6 cm³/mol. The van der Waals surface area contributed by atoms with Crippen molar-refractivity contribution in [1.29, 1.82) is 0 Å². The van der Waals surface area contributed by atoms with Gasteiger partial charge in [-0.3, -0.25) is 5.10 Å². The third-order valence-corrected chi connectivity index (χ3v) is 1.46. The van der Waals surface area contributed by atoms with Crippen LogP contribution in [0, 0.1) is 0 Å². The number of H-pyrrole nitrogens is 1. The topological polar surface area (TPSA) is 61.3 Å². The van der Waals surface area contributed by atoms with Crippen molar-refractivity contribution in [2.45, 2.75) is 13.1 Å². The molecule has 0 atom stereocenters. The van der Waals surface area contributed by atoms with E-state index < -0.39 is 11.9 Å². The van der Waals surface area contributed by atoms with E-state index in [1.165, 1.54) is 6.92 Å². The number of aromatic amines is 1. The summed E-state index contributed by atoms with van der Waals surface area (Å²) in [6.07, 6.45) is -3.56. The molecule has 0 unspecified atom stereocenters. The van der Waals surface area contributed by atoms with Crippen LogP contribution in [-0.4, -0.2) is 21.1 Å². The molecule has 0 fully saturated rings. The molecule has 0 aliphatic heterocycles. The van der Waals surface area contributed by atoms with E-state index in [4.69, 9.17) is 5.21 Å². The van der Waals surface area contributed by atoms with Gasteiger partial charge in [-0.1, -0.05) is 5.16 Å². The van der Waals surface area contributed by atoms with Gasteiger partial charge in [0.05, 0.1) is 11.9 Å². The van der Waals surface area contributed by atoms with Crippen molar-refractivity contribution in [3.8, 4) is 0 Å². The van der Waals surface area contributed by atoms with Gasteiger partial charge in [0.1, 0.15) is 5.69 Å². The molecule has 2 N–H and O–H groups in total. The second-order valence-electron chi connectivity index (χ2n) is 2.34. The van der Waals surface area contributed by atoms with Gasteiger partial charge in [0, 0.05) is 5.56 Å². The van der Waals surface area contributed by atoms with Crippen LogP contribution in [0.25, 0.3) is 0 Å². The Kier molecular flexibility index (Phi) is 2.26. The van der Waals surface area contributed by atoms with Gasteiger partial charge in [0.25, 0.3) is 0 Å². The van der Waals surface area contributed by atoms with Crippen LogP contribution in [0.2, 0.25) is 0 Å². The minimum atomic E-state index is -4.52. The fraction of sp³-hybridized carbons (Fsp3) is 0.333. The summed E-state index contributed by atoms with van der Waals surface area (Å²) in [6, 6.07) is 0. The standard InChI is InChI=1S/C6H6F3N3O/c1-3(12-13)4-2-10-11-5(4)6(7,8)9/h2,13H,1H3,(H,10,11). The van der Waals surface area contributed by atoms with Gasteiger partial charge in [0.2, 0.25) is 0 Å². The van der Waals surface area contributed by atoms with Gasteiger partial charge in [-0.2, -0.15) is 18.3 Å². The molecule has 1 rings (SSSR count). The zero-order valence-electron chi connectivity index (χ0n) is 6.55. The number of hydrogen-bond acceptors (Lipinski definition) is 3. The van der Waals surface area contributed by atoms with Crippen LogP contribution < -0.4 is 0 Å². The van der Waals surface area contributed by atoms with Gasteiger partial charge >= 0.3 is 6.18 Å².